The molecule has 5 heteroatoms. The van der Waals surface area contributed by atoms with Crippen molar-refractivity contribution in [1.29, 1.82) is 0 Å². The second-order valence-electron chi connectivity index (χ2n) is 31.5. The summed E-state index contributed by atoms with van der Waals surface area (Å²) in [6.45, 7) is 13.9. The Morgan fingerprint density at radius 2 is 0.541 bits per heavy atom. The minimum Gasteiger partial charge on any atom is -0.311 e. The molecular formula is C104H85BN2Si2. The predicted octanol–water partition coefficient (Wildman–Crippen LogP) is 19.5. The van der Waals surface area contributed by atoms with Crippen LogP contribution in [0.4, 0.5) is 34.1 Å². The van der Waals surface area contributed by atoms with Gasteiger partial charge in [-0.15, -0.1) is 0 Å². The zero-order valence-electron chi connectivity index (χ0n) is 62.7. The van der Waals surface area contributed by atoms with E-state index in [9.17, 15) is 0 Å². The molecule has 0 unspecified atom stereocenters. The van der Waals surface area contributed by atoms with Crippen LogP contribution in [0.2, 0.25) is 0 Å². The summed E-state index contributed by atoms with van der Waals surface area (Å²) in [6.07, 6.45) is 0. The second-order valence-corrected chi connectivity index (χ2v) is 39.1. The Morgan fingerprint density at radius 1 is 0.202 bits per heavy atom. The minimum absolute atomic E-state index is 0.111. The summed E-state index contributed by atoms with van der Waals surface area (Å²) in [6, 6.07) is 156. The van der Waals surface area contributed by atoms with Gasteiger partial charge in [0.2, 0.25) is 0 Å². The summed E-state index contributed by atoms with van der Waals surface area (Å²) in [4.78, 5) is 5.42. The van der Waals surface area contributed by atoms with Crippen LogP contribution in [-0.2, 0) is 10.8 Å². The van der Waals surface area contributed by atoms with Gasteiger partial charge in [0.25, 0.3) is 6.71 Å². The number of hydrogen-bond donors (Lipinski definition) is 0. The van der Waals surface area contributed by atoms with Gasteiger partial charge in [-0.2, -0.15) is 0 Å². The smallest absolute Gasteiger partial charge is 0.252 e. The van der Waals surface area contributed by atoms with Crippen molar-refractivity contribution in [3.63, 3.8) is 0 Å². The molecule has 18 rings (SSSR count). The van der Waals surface area contributed by atoms with Gasteiger partial charge < -0.3 is 9.80 Å². The Bertz CT molecular complexity index is 5890. The van der Waals surface area contributed by atoms with Crippen LogP contribution in [0.25, 0.3) is 55.6 Å². The fourth-order valence-electron chi connectivity index (χ4n) is 17.7. The zero-order chi connectivity index (χ0) is 73.9. The van der Waals surface area contributed by atoms with E-state index in [4.69, 9.17) is 0 Å². The molecule has 0 N–H and O–H groups in total. The first-order valence-electron chi connectivity index (χ1n) is 38.4. The molecule has 0 saturated carbocycles. The maximum Gasteiger partial charge on any atom is 0.252 e. The van der Waals surface area contributed by atoms with E-state index in [0.717, 1.165) is 56.4 Å². The van der Waals surface area contributed by atoms with Gasteiger partial charge in [0.1, 0.15) is 0 Å². The predicted molar refractivity (Wildman–Crippen MR) is 472 cm³/mol. The molecule has 2 heterocycles. The van der Waals surface area contributed by atoms with Gasteiger partial charge in [0.15, 0.2) is 16.1 Å². The van der Waals surface area contributed by atoms with E-state index in [1.54, 1.807) is 0 Å². The highest BCUT2D eigenvalue weighted by molar-refractivity contribution is 7.21. The molecular weight excluding hydrogens is 1340 g/mol. The Kier molecular flexibility index (Phi) is 17.6. The lowest BCUT2D eigenvalue weighted by Crippen LogP contribution is -2.76. The molecule has 0 amide bonds. The highest BCUT2D eigenvalue weighted by Gasteiger charge is 2.50. The summed E-state index contributed by atoms with van der Waals surface area (Å²) < 4.78 is 0. The lowest BCUT2D eigenvalue weighted by atomic mass is 9.33. The van der Waals surface area contributed by atoms with Crippen molar-refractivity contribution in [3.8, 4) is 55.6 Å². The van der Waals surface area contributed by atoms with E-state index in [-0.39, 0.29) is 17.5 Å². The van der Waals surface area contributed by atoms with Crippen molar-refractivity contribution in [2.45, 2.75) is 52.4 Å². The maximum atomic E-state index is 2.71. The van der Waals surface area contributed by atoms with Crippen molar-refractivity contribution in [2.75, 3.05) is 9.80 Å². The molecule has 0 fully saturated rings. The average Bonchev–Trinajstić information content (AvgIpc) is 0.684. The van der Waals surface area contributed by atoms with Crippen molar-refractivity contribution in [1.82, 2.24) is 0 Å². The van der Waals surface area contributed by atoms with Crippen LogP contribution < -0.4 is 67.7 Å². The minimum atomic E-state index is -3.50. The number of nitrogens with zero attached hydrogens (tertiary/aromatic N) is 2. The molecule has 2 aliphatic heterocycles. The Balaban J connectivity index is 1.03. The molecule has 522 valence electrons. The third kappa shape index (κ3) is 12.1. The van der Waals surface area contributed by atoms with Crippen LogP contribution in [0.3, 0.4) is 0 Å². The summed E-state index contributed by atoms with van der Waals surface area (Å²) in [7, 11) is -6.82. The molecule has 0 saturated heterocycles. The molecule has 0 bridgehead atoms. The molecule has 109 heavy (non-hydrogen) atoms. The summed E-state index contributed by atoms with van der Waals surface area (Å²) in [5, 5.41) is 10.5. The zero-order valence-corrected chi connectivity index (χ0v) is 64.7. The number of benzene rings is 16. The summed E-state index contributed by atoms with van der Waals surface area (Å²) in [5.74, 6) is 0. The molecule has 16 aromatic carbocycles. The first kappa shape index (κ1) is 68.4. The van der Waals surface area contributed by atoms with Gasteiger partial charge in [-0.25, -0.2) is 0 Å². The monoisotopic (exact) mass is 1430 g/mol. The second kappa shape index (κ2) is 28.1. The van der Waals surface area contributed by atoms with Gasteiger partial charge >= 0.3 is 0 Å². The number of fused-ring (bicyclic) bond motifs is 4. The lowest BCUT2D eigenvalue weighted by molar-refractivity contribution is 0.569. The van der Waals surface area contributed by atoms with E-state index in [1.807, 2.05) is 0 Å². The Hall–Kier alpha value is -12.4. The average molecular weight is 1430 g/mol. The fraction of sp³-hybridized carbons (Fsp3) is 0.0769. The molecule has 0 radical (unpaired) electrons. The quantitative estimate of drug-likeness (QED) is 0.0746. The molecule has 0 aromatic heterocycles. The largest absolute Gasteiger partial charge is 0.311 e. The third-order valence-electron chi connectivity index (χ3n) is 23.0. The molecule has 2 nitrogen and oxygen atoms in total. The fourth-order valence-corrected chi connectivity index (χ4v) is 27.4. The van der Waals surface area contributed by atoms with Gasteiger partial charge in [0, 0.05) is 33.9 Å². The highest BCUT2D eigenvalue weighted by Crippen LogP contribution is 2.49. The highest BCUT2D eigenvalue weighted by atomic mass is 28.3. The topological polar surface area (TPSA) is 6.48 Å². The maximum absolute atomic E-state index is 3.50. The van der Waals surface area contributed by atoms with Crippen LogP contribution in [0.5, 0.6) is 0 Å². The summed E-state index contributed by atoms with van der Waals surface area (Å²) >= 11 is 0. The summed E-state index contributed by atoms with van der Waals surface area (Å²) in [5.41, 5.74) is 24.7. The van der Waals surface area contributed by atoms with Gasteiger partial charge in [0.05, 0.1) is 11.4 Å². The lowest BCUT2D eigenvalue weighted by Gasteiger charge is -2.47. The van der Waals surface area contributed by atoms with E-state index in [1.165, 1.54) is 102 Å². The normalized spacial score (nSPS) is 12.6. The van der Waals surface area contributed by atoms with Crippen LogP contribution in [-0.4, -0.2) is 22.9 Å². The van der Waals surface area contributed by atoms with Crippen molar-refractivity contribution < 1.29 is 0 Å². The van der Waals surface area contributed by atoms with Crippen molar-refractivity contribution in [2.24, 2.45) is 0 Å². The van der Waals surface area contributed by atoms with Crippen LogP contribution in [0.15, 0.2) is 406 Å². The van der Waals surface area contributed by atoms with Crippen molar-refractivity contribution >= 4 is 115 Å². The molecule has 0 atom stereocenters. The van der Waals surface area contributed by atoms with E-state index in [2.05, 4.69) is 458 Å². The third-order valence-corrected chi connectivity index (χ3v) is 32.5. The van der Waals surface area contributed by atoms with E-state index < -0.39 is 16.1 Å². The molecule has 2 aliphatic rings. The molecule has 0 spiro atoms. The van der Waals surface area contributed by atoms with Crippen molar-refractivity contribution in [3.05, 3.63) is 418 Å². The van der Waals surface area contributed by atoms with E-state index in [0.29, 0.717) is 0 Å². The number of hydrogen-bond acceptors (Lipinski definition) is 2. The van der Waals surface area contributed by atoms with Gasteiger partial charge in [-0.1, -0.05) is 412 Å². The van der Waals surface area contributed by atoms with Crippen LogP contribution in [0.1, 0.15) is 52.7 Å². The van der Waals surface area contributed by atoms with Crippen LogP contribution >= 0.6 is 0 Å². The van der Waals surface area contributed by atoms with Gasteiger partial charge in [-0.05, 0) is 161 Å². The van der Waals surface area contributed by atoms with Gasteiger partial charge in [-0.3, -0.25) is 0 Å². The first-order chi connectivity index (χ1) is 53.3. The number of rotatable bonds is 15. The van der Waals surface area contributed by atoms with Crippen LogP contribution in [0, 0.1) is 0 Å². The van der Waals surface area contributed by atoms with E-state index >= 15 is 0 Å². The number of para-hydroxylation sites is 2. The molecule has 16 aromatic rings. The first-order valence-corrected chi connectivity index (χ1v) is 42.4. The number of anilines is 6. The Morgan fingerprint density at radius 3 is 0.963 bits per heavy atom. The standard InChI is InChI=1S/C104H85BN2Si2/c1-103(2,3)82-65-81(66-83(70-82)104(4,5)6)80-61-63-94-99(69-80)107(97-60-34-32-58-93(97)77-43-21-10-22-44-77)101-73-91(109(86-51-27-13-28-52-86,87-53-29-14-30-54-87)89-56-36-46-79(68-89)75-39-17-8-18-40-75)72-100-102(101)105(94)95-71-90(62-64-98(95)106(100)96-59-33-31-57-92(96)76-41-19-9-20-42-76)108(84-47-23-11-24-48-84,85-49-25-12-26-50-85)88-55-35-45-78(67-88)74-37-15-7-16-38-74/h7-73H,1-6H3. The molecule has 0 aliphatic carbocycles. The SMILES string of the molecule is CC(C)(C)c1cc(-c2ccc3c(c2)N(c2ccccc2-c2ccccc2)c2cc([Si](c4ccccc4)(c4ccccc4)c4cccc(-c5ccccc5)c4)cc4c2B3c2cc([Si](c3ccccc3)(c3ccccc3)c3cccc(-c5ccccc5)c3)ccc2N4c2ccccc2-c2ccccc2)cc(C(C)(C)C)c1. The Labute approximate surface area is 645 Å².